The Labute approximate surface area is 133 Å². The Bertz CT molecular complexity index is 301. The van der Waals surface area contributed by atoms with Gasteiger partial charge >= 0.3 is 0 Å². The molecule has 1 saturated heterocycles. The minimum absolute atomic E-state index is 1.04. The maximum Gasteiger partial charge on any atom is 0.0890 e. The summed E-state index contributed by atoms with van der Waals surface area (Å²) in [6.07, 6.45) is 19.7. The highest BCUT2D eigenvalue weighted by Gasteiger charge is 2.45. The Morgan fingerprint density at radius 1 is 0.762 bits per heavy atom. The van der Waals surface area contributed by atoms with Crippen LogP contribution in [-0.2, 0) is 0 Å². The molecule has 0 amide bonds. The van der Waals surface area contributed by atoms with E-state index in [0.29, 0.717) is 0 Å². The molecule has 21 heavy (non-hydrogen) atoms. The third-order valence-corrected chi connectivity index (χ3v) is 7.17. The molecule has 0 radical (unpaired) electrons. The lowest BCUT2D eigenvalue weighted by atomic mass is 9.79. The minimum Gasteiger partial charge on any atom is -0.321 e. The van der Waals surface area contributed by atoms with Crippen molar-refractivity contribution in [2.24, 2.45) is 11.8 Å². The standard InChI is InChI=1S/C20H38N/c1-2-3-15-21(20-12-8-5-9-13-20)16-14-19(17-21)18-10-6-4-7-11-18/h18-20H,2-17H2,1H3/q+1. The highest BCUT2D eigenvalue weighted by molar-refractivity contribution is 4.80. The highest BCUT2D eigenvalue weighted by Crippen LogP contribution is 2.41. The molecule has 2 unspecified atom stereocenters. The summed E-state index contributed by atoms with van der Waals surface area (Å²) in [6.45, 7) is 6.98. The molecule has 2 atom stereocenters. The largest absolute Gasteiger partial charge is 0.321 e. The van der Waals surface area contributed by atoms with Crippen LogP contribution < -0.4 is 0 Å². The maximum atomic E-state index is 2.38. The van der Waals surface area contributed by atoms with Crippen LogP contribution in [-0.4, -0.2) is 30.2 Å². The lowest BCUT2D eigenvalue weighted by Gasteiger charge is -2.44. The summed E-state index contributed by atoms with van der Waals surface area (Å²) in [7, 11) is 0. The zero-order chi connectivity index (χ0) is 14.5. The van der Waals surface area contributed by atoms with E-state index in [2.05, 4.69) is 6.92 Å². The fourth-order valence-corrected chi connectivity index (χ4v) is 5.88. The van der Waals surface area contributed by atoms with Crippen molar-refractivity contribution >= 4 is 0 Å². The molecule has 122 valence electrons. The predicted octanol–water partition coefficient (Wildman–Crippen LogP) is 5.54. The van der Waals surface area contributed by atoms with Gasteiger partial charge < -0.3 is 4.48 Å². The Morgan fingerprint density at radius 3 is 2.10 bits per heavy atom. The van der Waals surface area contributed by atoms with Crippen molar-refractivity contribution in [1.29, 1.82) is 0 Å². The SMILES string of the molecule is CCCC[N+]1(C2CCCCC2)CCC(C2CCCCC2)C1. The van der Waals surface area contributed by atoms with E-state index < -0.39 is 0 Å². The van der Waals surface area contributed by atoms with Crippen LogP contribution in [0, 0.1) is 11.8 Å². The van der Waals surface area contributed by atoms with Crippen molar-refractivity contribution in [3.05, 3.63) is 0 Å². The lowest BCUT2D eigenvalue weighted by Crippen LogP contribution is -2.55. The maximum absolute atomic E-state index is 2.38. The predicted molar refractivity (Wildman–Crippen MR) is 91.3 cm³/mol. The summed E-state index contributed by atoms with van der Waals surface area (Å²) in [6, 6.07) is 1.04. The molecule has 0 spiro atoms. The van der Waals surface area contributed by atoms with E-state index in [1.54, 1.807) is 43.1 Å². The Balaban J connectivity index is 1.65. The molecular weight excluding hydrogens is 254 g/mol. The van der Waals surface area contributed by atoms with Crippen LogP contribution in [0.15, 0.2) is 0 Å². The molecule has 2 aliphatic carbocycles. The first kappa shape index (κ1) is 15.8. The summed E-state index contributed by atoms with van der Waals surface area (Å²) < 4.78 is 1.55. The van der Waals surface area contributed by atoms with Gasteiger partial charge in [0.2, 0.25) is 0 Å². The molecule has 1 aliphatic heterocycles. The van der Waals surface area contributed by atoms with Crippen LogP contribution in [0.1, 0.15) is 90.4 Å². The van der Waals surface area contributed by atoms with Gasteiger partial charge in [0.05, 0.1) is 25.7 Å². The topological polar surface area (TPSA) is 0 Å². The molecule has 3 aliphatic rings. The fraction of sp³-hybridized carbons (Fsp3) is 1.00. The first-order valence-electron chi connectivity index (χ1n) is 10.2. The Kier molecular flexibility index (Phi) is 5.65. The zero-order valence-corrected chi connectivity index (χ0v) is 14.5. The smallest absolute Gasteiger partial charge is 0.0890 e. The average molecular weight is 293 g/mol. The summed E-state index contributed by atoms with van der Waals surface area (Å²) in [5.74, 6) is 2.19. The minimum atomic E-state index is 1.04. The quantitative estimate of drug-likeness (QED) is 0.584. The van der Waals surface area contributed by atoms with Crippen LogP contribution in [0.25, 0.3) is 0 Å². The van der Waals surface area contributed by atoms with Crippen molar-refractivity contribution in [2.75, 3.05) is 19.6 Å². The summed E-state index contributed by atoms with van der Waals surface area (Å²) >= 11 is 0. The molecule has 0 aromatic heterocycles. The molecule has 3 fully saturated rings. The number of hydrogen-bond acceptors (Lipinski definition) is 0. The van der Waals surface area contributed by atoms with Gasteiger partial charge in [-0.2, -0.15) is 0 Å². The van der Waals surface area contributed by atoms with Gasteiger partial charge in [-0.3, -0.25) is 0 Å². The molecule has 1 nitrogen and oxygen atoms in total. The van der Waals surface area contributed by atoms with E-state index in [1.807, 2.05) is 0 Å². The van der Waals surface area contributed by atoms with Gasteiger partial charge in [0, 0.05) is 12.3 Å². The van der Waals surface area contributed by atoms with Gasteiger partial charge in [-0.1, -0.05) is 39.0 Å². The van der Waals surface area contributed by atoms with Gasteiger partial charge in [-0.05, 0) is 50.9 Å². The number of likely N-dealkylation sites (tertiary alicyclic amines) is 1. The van der Waals surface area contributed by atoms with E-state index in [4.69, 9.17) is 0 Å². The van der Waals surface area contributed by atoms with E-state index >= 15 is 0 Å². The second-order valence-electron chi connectivity index (χ2n) is 8.44. The first-order valence-corrected chi connectivity index (χ1v) is 10.2. The van der Waals surface area contributed by atoms with Crippen LogP contribution in [0.5, 0.6) is 0 Å². The zero-order valence-electron chi connectivity index (χ0n) is 14.5. The number of nitrogens with zero attached hydrogens (tertiary/aromatic N) is 1. The second kappa shape index (κ2) is 7.49. The van der Waals surface area contributed by atoms with Crippen LogP contribution >= 0.6 is 0 Å². The van der Waals surface area contributed by atoms with Crippen molar-refractivity contribution in [3.8, 4) is 0 Å². The van der Waals surface area contributed by atoms with Crippen LogP contribution in [0.4, 0.5) is 0 Å². The van der Waals surface area contributed by atoms with Gasteiger partial charge in [0.25, 0.3) is 0 Å². The van der Waals surface area contributed by atoms with Gasteiger partial charge in [-0.15, -0.1) is 0 Å². The molecule has 2 saturated carbocycles. The van der Waals surface area contributed by atoms with Gasteiger partial charge in [-0.25, -0.2) is 0 Å². The molecule has 0 N–H and O–H groups in total. The van der Waals surface area contributed by atoms with Crippen molar-refractivity contribution in [1.82, 2.24) is 0 Å². The second-order valence-corrected chi connectivity index (χ2v) is 8.44. The fourth-order valence-electron chi connectivity index (χ4n) is 5.88. The van der Waals surface area contributed by atoms with Crippen LogP contribution in [0.3, 0.4) is 0 Å². The van der Waals surface area contributed by atoms with Crippen molar-refractivity contribution < 1.29 is 4.48 Å². The van der Waals surface area contributed by atoms with Crippen molar-refractivity contribution in [2.45, 2.75) is 96.4 Å². The first-order chi connectivity index (χ1) is 10.3. The molecular formula is C20H38N+. The van der Waals surface area contributed by atoms with Gasteiger partial charge in [0.15, 0.2) is 0 Å². The van der Waals surface area contributed by atoms with E-state index in [9.17, 15) is 0 Å². The third kappa shape index (κ3) is 3.66. The molecule has 0 aromatic rings. The highest BCUT2D eigenvalue weighted by atomic mass is 15.4. The van der Waals surface area contributed by atoms with E-state index in [0.717, 1.165) is 17.9 Å². The Morgan fingerprint density at radius 2 is 1.43 bits per heavy atom. The molecule has 0 aromatic carbocycles. The van der Waals surface area contributed by atoms with Crippen LogP contribution in [0.2, 0.25) is 0 Å². The average Bonchev–Trinajstić information content (AvgIpc) is 3.00. The number of hydrogen-bond donors (Lipinski definition) is 0. The van der Waals surface area contributed by atoms with Crippen molar-refractivity contribution in [3.63, 3.8) is 0 Å². The number of rotatable bonds is 5. The van der Waals surface area contributed by atoms with E-state index in [1.165, 1.54) is 64.5 Å². The summed E-state index contributed by atoms with van der Waals surface area (Å²) in [5.41, 5.74) is 0. The molecule has 3 rings (SSSR count). The molecule has 0 bridgehead atoms. The number of quaternary nitrogens is 1. The normalized spacial score (nSPS) is 36.1. The third-order valence-electron chi connectivity index (χ3n) is 7.17. The van der Waals surface area contributed by atoms with Gasteiger partial charge in [0.1, 0.15) is 0 Å². The summed E-state index contributed by atoms with van der Waals surface area (Å²) in [5, 5.41) is 0. The van der Waals surface area contributed by atoms with E-state index in [-0.39, 0.29) is 0 Å². The lowest BCUT2D eigenvalue weighted by molar-refractivity contribution is -0.943. The molecule has 1 heteroatoms. The monoisotopic (exact) mass is 292 g/mol. The number of unbranched alkanes of at least 4 members (excludes halogenated alkanes) is 1. The molecule has 1 heterocycles. The Hall–Kier alpha value is -0.0400. The summed E-state index contributed by atoms with van der Waals surface area (Å²) in [4.78, 5) is 0.